The third kappa shape index (κ3) is 2.74. The van der Waals surface area contributed by atoms with Gasteiger partial charge in [0.25, 0.3) is 0 Å². The van der Waals surface area contributed by atoms with Crippen LogP contribution in [0, 0.1) is 0 Å². The number of aliphatic hydroxyl groups is 3. The van der Waals surface area contributed by atoms with E-state index in [9.17, 15) is 15.3 Å². The van der Waals surface area contributed by atoms with Gasteiger partial charge in [-0.05, 0) is 27.6 Å². The normalized spacial score (nSPS) is 23.5. The van der Waals surface area contributed by atoms with Gasteiger partial charge in [-0.15, -0.1) is 0 Å². The summed E-state index contributed by atoms with van der Waals surface area (Å²) in [6.45, 7) is -0.398. The van der Waals surface area contributed by atoms with Crippen molar-refractivity contribution in [3.63, 3.8) is 0 Å². The van der Waals surface area contributed by atoms with Crippen LogP contribution in [0.1, 0.15) is 6.23 Å². The van der Waals surface area contributed by atoms with E-state index >= 15 is 0 Å². The molecule has 0 saturated carbocycles. The van der Waals surface area contributed by atoms with Crippen molar-refractivity contribution in [2.75, 3.05) is 6.61 Å². The SMILES string of the molecule is OC[C@H]1OC(n2cnc3c(-c4cc5ccccc5c5ccccc45)ncnc32)[C@H](O)[C@@H]1O. The van der Waals surface area contributed by atoms with Crippen molar-refractivity contribution in [3.8, 4) is 11.3 Å². The van der Waals surface area contributed by atoms with E-state index in [0.29, 0.717) is 16.9 Å². The van der Waals surface area contributed by atoms with Crippen LogP contribution in [0.25, 0.3) is 44.0 Å². The third-order valence-corrected chi connectivity index (χ3v) is 6.17. The summed E-state index contributed by atoms with van der Waals surface area (Å²) in [6.07, 6.45) is -1.23. The minimum atomic E-state index is -1.22. The van der Waals surface area contributed by atoms with Gasteiger partial charge in [0.15, 0.2) is 11.9 Å². The third-order valence-electron chi connectivity index (χ3n) is 6.17. The zero-order chi connectivity index (χ0) is 21.8. The molecule has 5 aromatic rings. The summed E-state index contributed by atoms with van der Waals surface area (Å²) in [7, 11) is 0. The molecule has 2 aromatic heterocycles. The lowest BCUT2D eigenvalue weighted by Gasteiger charge is -2.16. The molecule has 1 saturated heterocycles. The molecular formula is C24H20N4O4. The van der Waals surface area contributed by atoms with E-state index in [2.05, 4.69) is 45.3 Å². The standard InChI is InChI=1S/C24H20N4O4/c29-10-18-21(30)22(31)24(32-18)28-12-27-20-19(25-11-26-23(20)28)17-9-13-5-1-2-6-14(13)15-7-3-4-8-16(15)17/h1-9,11-12,18,21-22,24,29-31H,10H2/t18-,21-,22-,24?/m1/s1. The van der Waals surface area contributed by atoms with Gasteiger partial charge >= 0.3 is 0 Å². The van der Waals surface area contributed by atoms with Crippen molar-refractivity contribution in [1.82, 2.24) is 19.5 Å². The van der Waals surface area contributed by atoms with Crippen LogP contribution in [0.3, 0.4) is 0 Å². The predicted molar refractivity (Wildman–Crippen MR) is 119 cm³/mol. The number of imidazole rings is 1. The zero-order valence-corrected chi connectivity index (χ0v) is 16.9. The van der Waals surface area contributed by atoms with E-state index in [4.69, 9.17) is 4.74 Å². The molecule has 1 aliphatic rings. The summed E-state index contributed by atoms with van der Waals surface area (Å²) in [5, 5.41) is 34.4. The van der Waals surface area contributed by atoms with Crippen LogP contribution in [0.2, 0.25) is 0 Å². The Morgan fingerprint density at radius 1 is 0.875 bits per heavy atom. The monoisotopic (exact) mass is 428 g/mol. The van der Waals surface area contributed by atoms with Crippen LogP contribution in [0.4, 0.5) is 0 Å². The van der Waals surface area contributed by atoms with Crippen molar-refractivity contribution in [2.24, 2.45) is 0 Å². The Kier molecular flexibility index (Phi) is 4.41. The van der Waals surface area contributed by atoms with E-state index in [1.165, 1.54) is 12.7 Å². The Labute approximate surface area is 182 Å². The first-order valence-electron chi connectivity index (χ1n) is 10.4. The first-order chi connectivity index (χ1) is 15.7. The molecule has 1 fully saturated rings. The zero-order valence-electron chi connectivity index (χ0n) is 16.9. The van der Waals surface area contributed by atoms with Gasteiger partial charge in [-0.1, -0.05) is 48.5 Å². The highest BCUT2D eigenvalue weighted by atomic mass is 16.6. The van der Waals surface area contributed by atoms with Crippen LogP contribution in [-0.2, 0) is 4.74 Å². The van der Waals surface area contributed by atoms with Gasteiger partial charge in [0.1, 0.15) is 35.8 Å². The average molecular weight is 428 g/mol. The van der Waals surface area contributed by atoms with Gasteiger partial charge < -0.3 is 20.1 Å². The summed E-state index contributed by atoms with van der Waals surface area (Å²) >= 11 is 0. The Bertz CT molecular complexity index is 1470. The minimum absolute atomic E-state index is 0.398. The molecule has 3 heterocycles. The van der Waals surface area contributed by atoms with E-state index in [0.717, 1.165) is 27.1 Å². The largest absolute Gasteiger partial charge is 0.394 e. The number of aliphatic hydroxyl groups excluding tert-OH is 3. The minimum Gasteiger partial charge on any atom is -0.394 e. The van der Waals surface area contributed by atoms with Crippen LogP contribution in [0.15, 0.2) is 67.3 Å². The van der Waals surface area contributed by atoms with Gasteiger partial charge in [-0.2, -0.15) is 0 Å². The molecule has 4 atom stereocenters. The first kappa shape index (κ1) is 19.3. The number of hydrogen-bond acceptors (Lipinski definition) is 7. The van der Waals surface area contributed by atoms with Gasteiger partial charge in [0, 0.05) is 5.56 Å². The number of aromatic nitrogens is 4. The molecule has 0 radical (unpaired) electrons. The summed E-state index contributed by atoms with van der Waals surface area (Å²) < 4.78 is 7.25. The molecule has 3 aromatic carbocycles. The van der Waals surface area contributed by atoms with Crippen LogP contribution in [-0.4, -0.2) is 59.8 Å². The molecule has 0 spiro atoms. The highest BCUT2D eigenvalue weighted by Gasteiger charge is 2.44. The van der Waals surface area contributed by atoms with Crippen molar-refractivity contribution >= 4 is 32.7 Å². The number of hydrogen-bond donors (Lipinski definition) is 3. The maximum absolute atomic E-state index is 10.5. The van der Waals surface area contributed by atoms with Crippen LogP contribution < -0.4 is 0 Å². The molecule has 1 unspecified atom stereocenters. The number of rotatable bonds is 3. The Morgan fingerprint density at radius 2 is 1.62 bits per heavy atom. The van der Waals surface area contributed by atoms with Gasteiger partial charge in [-0.25, -0.2) is 15.0 Å². The molecule has 8 nitrogen and oxygen atoms in total. The van der Waals surface area contributed by atoms with E-state index in [1.54, 1.807) is 4.57 Å². The topological polar surface area (TPSA) is 114 Å². The van der Waals surface area contributed by atoms with Crippen molar-refractivity contribution in [3.05, 3.63) is 67.3 Å². The van der Waals surface area contributed by atoms with E-state index in [1.807, 2.05) is 24.3 Å². The summed E-state index contributed by atoms with van der Waals surface area (Å²) in [5.41, 5.74) is 2.63. The molecule has 0 bridgehead atoms. The predicted octanol–water partition coefficient (Wildman–Crippen LogP) is 2.41. The maximum atomic E-state index is 10.5. The van der Waals surface area contributed by atoms with Gasteiger partial charge in [-0.3, -0.25) is 4.57 Å². The average Bonchev–Trinajstić information content (AvgIpc) is 3.39. The maximum Gasteiger partial charge on any atom is 0.166 e. The molecular weight excluding hydrogens is 408 g/mol. The van der Waals surface area contributed by atoms with Gasteiger partial charge in [0.05, 0.1) is 12.9 Å². The fraction of sp³-hybridized carbons (Fsp3) is 0.208. The molecule has 0 aliphatic carbocycles. The second-order valence-electron chi connectivity index (χ2n) is 7.97. The number of ether oxygens (including phenoxy) is 1. The lowest BCUT2D eigenvalue weighted by molar-refractivity contribution is -0.0511. The quantitative estimate of drug-likeness (QED) is 0.378. The summed E-state index contributed by atoms with van der Waals surface area (Å²) in [4.78, 5) is 13.5. The number of fused-ring (bicyclic) bond motifs is 4. The fourth-order valence-corrected chi connectivity index (χ4v) is 4.60. The molecule has 6 rings (SSSR count). The van der Waals surface area contributed by atoms with Crippen molar-refractivity contribution in [1.29, 1.82) is 0 Å². The van der Waals surface area contributed by atoms with Crippen LogP contribution >= 0.6 is 0 Å². The molecule has 3 N–H and O–H groups in total. The molecule has 1 aliphatic heterocycles. The number of benzene rings is 3. The summed E-state index contributed by atoms with van der Waals surface area (Å²) in [5.74, 6) is 0. The van der Waals surface area contributed by atoms with Crippen molar-refractivity contribution < 1.29 is 20.1 Å². The molecule has 8 heteroatoms. The first-order valence-corrected chi connectivity index (χ1v) is 10.4. The number of nitrogens with zero attached hydrogens (tertiary/aromatic N) is 4. The Hall–Kier alpha value is -3.43. The molecule has 32 heavy (non-hydrogen) atoms. The van der Waals surface area contributed by atoms with Crippen molar-refractivity contribution in [2.45, 2.75) is 24.5 Å². The lowest BCUT2D eigenvalue weighted by atomic mass is 9.95. The van der Waals surface area contributed by atoms with Crippen LogP contribution in [0.5, 0.6) is 0 Å². The highest BCUT2D eigenvalue weighted by Crippen LogP contribution is 2.37. The Morgan fingerprint density at radius 3 is 2.41 bits per heavy atom. The van der Waals surface area contributed by atoms with E-state index < -0.39 is 31.1 Å². The second-order valence-corrected chi connectivity index (χ2v) is 7.97. The fourth-order valence-electron chi connectivity index (χ4n) is 4.60. The van der Waals surface area contributed by atoms with Gasteiger partial charge in [0.2, 0.25) is 0 Å². The summed E-state index contributed by atoms with van der Waals surface area (Å²) in [6, 6.07) is 18.5. The Balaban J connectivity index is 1.57. The lowest BCUT2D eigenvalue weighted by Crippen LogP contribution is -2.33. The second kappa shape index (κ2) is 7.32. The molecule has 160 valence electrons. The smallest absolute Gasteiger partial charge is 0.166 e. The van der Waals surface area contributed by atoms with E-state index in [-0.39, 0.29) is 0 Å². The molecule has 0 amide bonds. The highest BCUT2D eigenvalue weighted by molar-refractivity contribution is 6.14.